The van der Waals surface area contributed by atoms with E-state index in [4.69, 9.17) is 5.73 Å². The number of carbonyl (C=O) groups is 1. The molecule has 18 heavy (non-hydrogen) atoms. The number of nitrogen functional groups attached to an aromatic ring is 1. The van der Waals surface area contributed by atoms with E-state index >= 15 is 0 Å². The van der Waals surface area contributed by atoms with Gasteiger partial charge >= 0.3 is 0 Å². The summed E-state index contributed by atoms with van der Waals surface area (Å²) in [4.78, 5) is 11.5. The Balaban J connectivity index is 2.17. The minimum atomic E-state index is -0.111. The summed E-state index contributed by atoms with van der Waals surface area (Å²) >= 11 is 0. The molecule has 4 heteroatoms. The number of amides is 1. The van der Waals surface area contributed by atoms with Crippen LogP contribution in [0.3, 0.4) is 0 Å². The van der Waals surface area contributed by atoms with E-state index in [-0.39, 0.29) is 11.4 Å². The first-order valence-electron chi connectivity index (χ1n) is 6.44. The Morgan fingerprint density at radius 2 is 2.00 bits per heavy atom. The van der Waals surface area contributed by atoms with Crippen molar-refractivity contribution < 1.29 is 4.79 Å². The van der Waals surface area contributed by atoms with Crippen molar-refractivity contribution in [1.29, 1.82) is 0 Å². The van der Waals surface area contributed by atoms with Gasteiger partial charge in [-0.3, -0.25) is 4.79 Å². The maximum Gasteiger partial charge on any atom is 0.251 e. The Bertz CT molecular complexity index is 450. The van der Waals surface area contributed by atoms with E-state index in [9.17, 15) is 4.79 Å². The molecule has 0 aromatic heterocycles. The second-order valence-electron chi connectivity index (χ2n) is 5.27. The number of carbonyl (C=O) groups excluding carboxylic acids is 1. The van der Waals surface area contributed by atoms with E-state index in [1.54, 1.807) is 19.2 Å². The molecular formula is C14H21N3O. The van der Waals surface area contributed by atoms with Crippen molar-refractivity contribution in [3.05, 3.63) is 23.8 Å². The zero-order valence-electron chi connectivity index (χ0n) is 11.0. The molecule has 1 fully saturated rings. The minimum absolute atomic E-state index is 0.111. The first-order valence-corrected chi connectivity index (χ1v) is 6.44. The third-order valence-corrected chi connectivity index (χ3v) is 3.68. The molecule has 0 bridgehead atoms. The van der Waals surface area contributed by atoms with E-state index < -0.39 is 0 Å². The first-order chi connectivity index (χ1) is 8.54. The van der Waals surface area contributed by atoms with Gasteiger partial charge in [0.05, 0.1) is 11.4 Å². The van der Waals surface area contributed by atoms with Crippen LogP contribution >= 0.6 is 0 Å². The smallest absolute Gasteiger partial charge is 0.251 e. The van der Waals surface area contributed by atoms with E-state index in [1.807, 2.05) is 6.07 Å². The van der Waals surface area contributed by atoms with Crippen LogP contribution in [-0.4, -0.2) is 18.5 Å². The summed E-state index contributed by atoms with van der Waals surface area (Å²) in [5.74, 6) is -0.111. The molecule has 4 nitrogen and oxygen atoms in total. The summed E-state index contributed by atoms with van der Waals surface area (Å²) in [5.41, 5.74) is 8.30. The second-order valence-corrected chi connectivity index (χ2v) is 5.27. The summed E-state index contributed by atoms with van der Waals surface area (Å²) in [5, 5.41) is 6.11. The van der Waals surface area contributed by atoms with Gasteiger partial charge in [0.25, 0.3) is 5.91 Å². The fourth-order valence-corrected chi connectivity index (χ4v) is 2.57. The topological polar surface area (TPSA) is 67.2 Å². The Morgan fingerprint density at radius 3 is 2.56 bits per heavy atom. The number of hydrogen-bond donors (Lipinski definition) is 3. The van der Waals surface area contributed by atoms with Crippen molar-refractivity contribution >= 4 is 17.3 Å². The van der Waals surface area contributed by atoms with Gasteiger partial charge < -0.3 is 16.4 Å². The zero-order valence-corrected chi connectivity index (χ0v) is 11.0. The molecule has 1 aliphatic carbocycles. The highest BCUT2D eigenvalue weighted by molar-refractivity contribution is 5.95. The molecule has 1 saturated carbocycles. The molecule has 0 radical (unpaired) electrons. The lowest BCUT2D eigenvalue weighted by Gasteiger charge is -2.27. The van der Waals surface area contributed by atoms with Crippen LogP contribution in [0.1, 0.15) is 43.0 Å². The van der Waals surface area contributed by atoms with Crippen LogP contribution in [0.2, 0.25) is 0 Å². The zero-order chi connectivity index (χ0) is 13.2. The van der Waals surface area contributed by atoms with Gasteiger partial charge in [0.1, 0.15) is 0 Å². The van der Waals surface area contributed by atoms with E-state index in [1.165, 1.54) is 25.7 Å². The van der Waals surface area contributed by atoms with Crippen molar-refractivity contribution in [1.82, 2.24) is 5.32 Å². The molecule has 98 valence electrons. The monoisotopic (exact) mass is 247 g/mol. The highest BCUT2D eigenvalue weighted by Gasteiger charge is 2.28. The summed E-state index contributed by atoms with van der Waals surface area (Å²) < 4.78 is 0. The van der Waals surface area contributed by atoms with Crippen LogP contribution in [0.4, 0.5) is 11.4 Å². The van der Waals surface area contributed by atoms with Crippen LogP contribution in [-0.2, 0) is 0 Å². The number of rotatable bonds is 3. The highest BCUT2D eigenvalue weighted by atomic mass is 16.1. The summed E-state index contributed by atoms with van der Waals surface area (Å²) in [6.07, 6.45) is 4.87. The van der Waals surface area contributed by atoms with Crippen molar-refractivity contribution in [2.24, 2.45) is 0 Å². The fourth-order valence-electron chi connectivity index (χ4n) is 2.57. The van der Waals surface area contributed by atoms with Gasteiger partial charge in [-0.1, -0.05) is 12.8 Å². The third-order valence-electron chi connectivity index (χ3n) is 3.68. The molecular weight excluding hydrogens is 226 g/mol. The Morgan fingerprint density at radius 1 is 1.33 bits per heavy atom. The van der Waals surface area contributed by atoms with Gasteiger partial charge in [0.2, 0.25) is 0 Å². The Kier molecular flexibility index (Phi) is 3.45. The predicted molar refractivity (Wildman–Crippen MR) is 74.7 cm³/mol. The Labute approximate surface area is 108 Å². The number of anilines is 2. The van der Waals surface area contributed by atoms with Crippen LogP contribution < -0.4 is 16.4 Å². The summed E-state index contributed by atoms with van der Waals surface area (Å²) in [7, 11) is 1.62. The molecule has 0 saturated heterocycles. The average molecular weight is 247 g/mol. The van der Waals surface area contributed by atoms with Crippen molar-refractivity contribution in [2.75, 3.05) is 18.1 Å². The van der Waals surface area contributed by atoms with Gasteiger partial charge in [0.15, 0.2) is 0 Å². The molecule has 1 aliphatic rings. The van der Waals surface area contributed by atoms with Gasteiger partial charge in [-0.25, -0.2) is 0 Å². The average Bonchev–Trinajstić information content (AvgIpc) is 2.77. The van der Waals surface area contributed by atoms with Crippen molar-refractivity contribution in [3.8, 4) is 0 Å². The van der Waals surface area contributed by atoms with Gasteiger partial charge in [-0.15, -0.1) is 0 Å². The van der Waals surface area contributed by atoms with Crippen LogP contribution in [0.5, 0.6) is 0 Å². The third kappa shape index (κ3) is 2.58. The van der Waals surface area contributed by atoms with Crippen LogP contribution in [0.25, 0.3) is 0 Å². The quantitative estimate of drug-likeness (QED) is 0.718. The second kappa shape index (κ2) is 4.88. The molecule has 0 unspecified atom stereocenters. The highest BCUT2D eigenvalue weighted by Crippen LogP contribution is 2.34. The normalized spacial score (nSPS) is 17.4. The van der Waals surface area contributed by atoms with E-state index in [0.717, 1.165) is 5.69 Å². The number of nitrogens with two attached hydrogens (primary N) is 1. The predicted octanol–water partition coefficient (Wildman–Crippen LogP) is 2.37. The molecule has 0 heterocycles. The molecule has 1 aromatic rings. The molecule has 1 amide bonds. The largest absolute Gasteiger partial charge is 0.397 e. The molecule has 0 atom stereocenters. The molecule has 2 rings (SSSR count). The SMILES string of the molecule is CNC(=O)c1ccc(NC2(C)CCCC2)c(N)c1. The van der Waals surface area contributed by atoms with Gasteiger partial charge in [0, 0.05) is 18.2 Å². The van der Waals surface area contributed by atoms with Crippen molar-refractivity contribution in [3.63, 3.8) is 0 Å². The maximum absolute atomic E-state index is 11.5. The number of nitrogens with one attached hydrogen (secondary N) is 2. The fraction of sp³-hybridized carbons (Fsp3) is 0.500. The number of benzene rings is 1. The first kappa shape index (κ1) is 12.7. The van der Waals surface area contributed by atoms with E-state index in [2.05, 4.69) is 17.6 Å². The minimum Gasteiger partial charge on any atom is -0.397 e. The molecule has 1 aromatic carbocycles. The summed E-state index contributed by atoms with van der Waals surface area (Å²) in [6.45, 7) is 2.23. The standard InChI is InChI=1S/C14H21N3O/c1-14(7-3-4-8-14)17-12-6-5-10(9-11(12)15)13(18)16-2/h5-6,9,17H,3-4,7-8,15H2,1-2H3,(H,16,18). The lowest BCUT2D eigenvalue weighted by molar-refractivity contribution is 0.0963. The Hall–Kier alpha value is -1.71. The van der Waals surface area contributed by atoms with Crippen LogP contribution in [0.15, 0.2) is 18.2 Å². The van der Waals surface area contributed by atoms with Gasteiger partial charge in [-0.05, 0) is 38.0 Å². The maximum atomic E-state index is 11.5. The lowest BCUT2D eigenvalue weighted by Crippen LogP contribution is -2.31. The molecule has 0 aliphatic heterocycles. The molecule has 0 spiro atoms. The van der Waals surface area contributed by atoms with Crippen LogP contribution in [0, 0.1) is 0 Å². The van der Waals surface area contributed by atoms with Crippen molar-refractivity contribution in [2.45, 2.75) is 38.1 Å². The molecule has 4 N–H and O–H groups in total. The lowest BCUT2D eigenvalue weighted by atomic mass is 9.99. The summed E-state index contributed by atoms with van der Waals surface area (Å²) in [6, 6.07) is 5.42. The van der Waals surface area contributed by atoms with Gasteiger partial charge in [-0.2, -0.15) is 0 Å². The van der Waals surface area contributed by atoms with E-state index in [0.29, 0.717) is 11.3 Å². The number of hydrogen-bond acceptors (Lipinski definition) is 3.